The molecule has 1 saturated carbocycles. The second-order valence-corrected chi connectivity index (χ2v) is 7.75. The van der Waals surface area contributed by atoms with Crippen LogP contribution in [0.3, 0.4) is 0 Å². The van der Waals surface area contributed by atoms with Gasteiger partial charge in [0.1, 0.15) is 11.3 Å². The van der Waals surface area contributed by atoms with Gasteiger partial charge in [-0.2, -0.15) is 0 Å². The smallest absolute Gasteiger partial charge is 0.250 e. The van der Waals surface area contributed by atoms with E-state index in [4.69, 9.17) is 4.74 Å². The van der Waals surface area contributed by atoms with Crippen LogP contribution in [0.1, 0.15) is 39.0 Å². The molecule has 0 spiro atoms. The summed E-state index contributed by atoms with van der Waals surface area (Å²) in [6.07, 6.45) is 3.80. The van der Waals surface area contributed by atoms with E-state index in [0.717, 1.165) is 19.3 Å². The van der Waals surface area contributed by atoms with Gasteiger partial charge in [-0.3, -0.25) is 19.3 Å². The van der Waals surface area contributed by atoms with E-state index in [9.17, 15) is 14.4 Å². The van der Waals surface area contributed by atoms with Gasteiger partial charge in [0, 0.05) is 18.3 Å². The third-order valence-corrected chi connectivity index (χ3v) is 5.63. The van der Waals surface area contributed by atoms with Crippen LogP contribution in [0.25, 0.3) is 0 Å². The van der Waals surface area contributed by atoms with Crippen molar-refractivity contribution in [1.29, 1.82) is 0 Å². The molecule has 2 N–H and O–H groups in total. The Kier molecular flexibility index (Phi) is 7.28. The zero-order chi connectivity index (χ0) is 22.3. The van der Waals surface area contributed by atoms with Crippen molar-refractivity contribution in [2.45, 2.75) is 44.6 Å². The number of hydrogen-bond acceptors (Lipinski definition) is 4. The Balaban J connectivity index is 1.97. The van der Waals surface area contributed by atoms with Gasteiger partial charge in [0.15, 0.2) is 0 Å². The molecule has 1 aliphatic rings. The molecule has 2 aromatic rings. The molecule has 0 bridgehead atoms. The van der Waals surface area contributed by atoms with Crippen LogP contribution in [-0.4, -0.2) is 36.9 Å². The predicted molar refractivity (Wildman–Crippen MR) is 120 cm³/mol. The lowest BCUT2D eigenvalue weighted by atomic mass is 9.78. The molecule has 0 saturated heterocycles. The Morgan fingerprint density at radius 3 is 2.19 bits per heavy atom. The highest BCUT2D eigenvalue weighted by molar-refractivity contribution is 6.09. The topological polar surface area (TPSA) is 87.7 Å². The number of para-hydroxylation sites is 1. The molecule has 0 aromatic heterocycles. The van der Waals surface area contributed by atoms with Crippen LogP contribution in [0.4, 0.5) is 11.4 Å². The van der Waals surface area contributed by atoms with Crippen molar-refractivity contribution in [2.75, 3.05) is 23.9 Å². The highest BCUT2D eigenvalue weighted by Crippen LogP contribution is 2.38. The number of rotatable bonds is 7. The van der Waals surface area contributed by atoms with E-state index < -0.39 is 5.54 Å². The monoisotopic (exact) mass is 423 g/mol. The van der Waals surface area contributed by atoms with Gasteiger partial charge in [-0.25, -0.2) is 0 Å². The van der Waals surface area contributed by atoms with Crippen molar-refractivity contribution in [3.63, 3.8) is 0 Å². The van der Waals surface area contributed by atoms with Crippen LogP contribution < -0.4 is 20.3 Å². The van der Waals surface area contributed by atoms with Gasteiger partial charge in [0.2, 0.25) is 11.8 Å². The van der Waals surface area contributed by atoms with Crippen LogP contribution in [0.15, 0.2) is 54.6 Å². The molecule has 0 atom stereocenters. The molecule has 164 valence electrons. The third kappa shape index (κ3) is 5.23. The van der Waals surface area contributed by atoms with Gasteiger partial charge in [-0.1, -0.05) is 37.5 Å². The van der Waals surface area contributed by atoms with Crippen LogP contribution in [0, 0.1) is 0 Å². The number of carbonyl (C=O) groups is 3. The Hall–Kier alpha value is -3.35. The fourth-order valence-corrected chi connectivity index (χ4v) is 4.10. The van der Waals surface area contributed by atoms with Crippen molar-refractivity contribution < 1.29 is 19.1 Å². The number of benzene rings is 2. The number of ether oxygens (including phenoxy) is 1. The Morgan fingerprint density at radius 2 is 1.61 bits per heavy atom. The maximum atomic E-state index is 13.7. The number of nitrogens with one attached hydrogen (secondary N) is 2. The fraction of sp³-hybridized carbons (Fsp3) is 0.375. The molecule has 7 heteroatoms. The first-order valence-corrected chi connectivity index (χ1v) is 10.5. The predicted octanol–water partition coefficient (Wildman–Crippen LogP) is 3.51. The normalized spacial score (nSPS) is 14.9. The minimum absolute atomic E-state index is 0.165. The summed E-state index contributed by atoms with van der Waals surface area (Å²) in [6.45, 7) is 1.20. The lowest BCUT2D eigenvalue weighted by Crippen LogP contribution is -2.62. The van der Waals surface area contributed by atoms with Gasteiger partial charge in [0.05, 0.1) is 13.7 Å². The summed E-state index contributed by atoms with van der Waals surface area (Å²) in [7, 11) is 1.59. The highest BCUT2D eigenvalue weighted by Gasteiger charge is 2.47. The first-order valence-electron chi connectivity index (χ1n) is 10.5. The summed E-state index contributed by atoms with van der Waals surface area (Å²) in [5.74, 6) is -0.130. The summed E-state index contributed by atoms with van der Waals surface area (Å²) in [6, 6.07) is 16.3. The first-order chi connectivity index (χ1) is 15.0. The molecule has 7 nitrogen and oxygen atoms in total. The first kappa shape index (κ1) is 22.3. The zero-order valence-electron chi connectivity index (χ0n) is 18.0. The van der Waals surface area contributed by atoms with Crippen LogP contribution in [-0.2, 0) is 14.4 Å². The summed E-state index contributed by atoms with van der Waals surface area (Å²) in [5, 5.41) is 5.58. The zero-order valence-corrected chi connectivity index (χ0v) is 18.0. The fourth-order valence-electron chi connectivity index (χ4n) is 4.10. The molecule has 1 fully saturated rings. The van der Waals surface area contributed by atoms with E-state index in [2.05, 4.69) is 10.6 Å². The van der Waals surface area contributed by atoms with Gasteiger partial charge >= 0.3 is 0 Å². The summed E-state index contributed by atoms with van der Waals surface area (Å²) in [4.78, 5) is 40.0. The van der Waals surface area contributed by atoms with Crippen molar-refractivity contribution in [1.82, 2.24) is 5.32 Å². The van der Waals surface area contributed by atoms with Crippen molar-refractivity contribution >= 4 is 29.1 Å². The summed E-state index contributed by atoms with van der Waals surface area (Å²) < 4.78 is 5.18. The highest BCUT2D eigenvalue weighted by atomic mass is 16.5. The van der Waals surface area contributed by atoms with Gasteiger partial charge in [-0.15, -0.1) is 0 Å². The average molecular weight is 424 g/mol. The molecule has 31 heavy (non-hydrogen) atoms. The number of anilines is 2. The standard InChI is InChI=1S/C24H29N3O4/c1-18(28)25-17-22(29)27(20-9-5-3-6-10-20)24(15-7-4-8-16-24)23(30)26-19-11-13-21(31-2)14-12-19/h3,5-6,9-14H,4,7-8,15-17H2,1-2H3,(H,25,28)(H,26,30). The number of nitrogens with zero attached hydrogens (tertiary/aromatic N) is 1. The van der Waals surface area contributed by atoms with E-state index in [1.807, 2.05) is 30.3 Å². The summed E-state index contributed by atoms with van der Waals surface area (Å²) >= 11 is 0. The molecular formula is C24H29N3O4. The number of carbonyl (C=O) groups excluding carboxylic acids is 3. The maximum absolute atomic E-state index is 13.7. The Labute approximate surface area is 182 Å². The largest absolute Gasteiger partial charge is 0.497 e. The Bertz CT molecular complexity index is 906. The lowest BCUT2D eigenvalue weighted by molar-refractivity contribution is -0.128. The minimum atomic E-state index is -1.03. The summed E-state index contributed by atoms with van der Waals surface area (Å²) in [5.41, 5.74) is 0.248. The minimum Gasteiger partial charge on any atom is -0.497 e. The number of methoxy groups -OCH3 is 1. The van der Waals surface area contributed by atoms with E-state index >= 15 is 0 Å². The SMILES string of the molecule is COc1ccc(NC(=O)C2(N(C(=O)CNC(C)=O)c3ccccc3)CCCCC2)cc1. The molecule has 2 aromatic carbocycles. The van der Waals surface area contributed by atoms with E-state index in [1.165, 1.54) is 6.92 Å². The second-order valence-electron chi connectivity index (χ2n) is 7.75. The van der Waals surface area contributed by atoms with E-state index in [-0.39, 0.29) is 24.3 Å². The van der Waals surface area contributed by atoms with Crippen LogP contribution in [0.2, 0.25) is 0 Å². The molecule has 0 unspecified atom stereocenters. The van der Waals surface area contributed by atoms with Crippen molar-refractivity contribution in [2.24, 2.45) is 0 Å². The Morgan fingerprint density at radius 1 is 0.968 bits per heavy atom. The lowest BCUT2D eigenvalue weighted by Gasteiger charge is -2.45. The van der Waals surface area contributed by atoms with Crippen molar-refractivity contribution in [3.8, 4) is 5.75 Å². The molecule has 1 aliphatic carbocycles. The molecule has 0 aliphatic heterocycles. The molecule has 0 heterocycles. The average Bonchev–Trinajstić information content (AvgIpc) is 2.79. The van der Waals surface area contributed by atoms with Crippen LogP contribution >= 0.6 is 0 Å². The second kappa shape index (κ2) is 10.1. The third-order valence-electron chi connectivity index (χ3n) is 5.63. The quantitative estimate of drug-likeness (QED) is 0.713. The van der Waals surface area contributed by atoms with Gasteiger partial charge < -0.3 is 15.4 Å². The number of amides is 3. The van der Waals surface area contributed by atoms with E-state index in [0.29, 0.717) is 30.0 Å². The van der Waals surface area contributed by atoms with E-state index in [1.54, 1.807) is 36.3 Å². The van der Waals surface area contributed by atoms with Gasteiger partial charge in [0.25, 0.3) is 5.91 Å². The molecular weight excluding hydrogens is 394 g/mol. The van der Waals surface area contributed by atoms with Crippen LogP contribution in [0.5, 0.6) is 5.75 Å². The molecule has 3 rings (SSSR count). The van der Waals surface area contributed by atoms with Crippen molar-refractivity contribution in [3.05, 3.63) is 54.6 Å². The molecule has 3 amide bonds. The van der Waals surface area contributed by atoms with Gasteiger partial charge in [-0.05, 0) is 49.2 Å². The number of hydrogen-bond donors (Lipinski definition) is 2. The molecule has 0 radical (unpaired) electrons. The maximum Gasteiger partial charge on any atom is 0.250 e.